The van der Waals surface area contributed by atoms with E-state index in [1.54, 1.807) is 6.20 Å². The zero-order valence-corrected chi connectivity index (χ0v) is 17.2. The molecule has 0 radical (unpaired) electrons. The maximum atomic E-state index is 13.0. The minimum atomic E-state index is -1.16. The van der Waals surface area contributed by atoms with E-state index in [0.29, 0.717) is 0 Å². The number of hydrogen-bond acceptors (Lipinski definition) is 4. The average Bonchev–Trinajstić information content (AvgIpc) is 3.16. The lowest BCUT2D eigenvalue weighted by molar-refractivity contribution is -0.142. The van der Waals surface area contributed by atoms with E-state index in [4.69, 9.17) is 5.73 Å². The minimum Gasteiger partial charge on any atom is -0.480 e. The Kier molecular flexibility index (Phi) is 7.04. The van der Waals surface area contributed by atoms with Crippen molar-refractivity contribution in [3.8, 4) is 0 Å². The van der Waals surface area contributed by atoms with Gasteiger partial charge in [0.1, 0.15) is 12.1 Å². The molecule has 0 unspecified atom stereocenters. The van der Waals surface area contributed by atoms with E-state index in [1.807, 2.05) is 54.6 Å². The summed E-state index contributed by atoms with van der Waals surface area (Å²) in [4.78, 5) is 40.1. The van der Waals surface area contributed by atoms with Crippen LogP contribution in [0.25, 0.3) is 10.9 Å². The first-order valence-electron chi connectivity index (χ1n) is 10.0. The van der Waals surface area contributed by atoms with Gasteiger partial charge in [-0.1, -0.05) is 48.5 Å². The summed E-state index contributed by atoms with van der Waals surface area (Å²) in [5.41, 5.74) is 8.13. The number of carbonyl (C=O) groups is 3. The summed E-state index contributed by atoms with van der Waals surface area (Å²) in [5, 5.41) is 15.8. The highest BCUT2D eigenvalue weighted by Gasteiger charge is 2.28. The van der Waals surface area contributed by atoms with Gasteiger partial charge in [-0.25, -0.2) is 4.79 Å². The number of nitrogens with one attached hydrogen (secondary N) is 3. The third-order valence-corrected chi connectivity index (χ3v) is 5.04. The van der Waals surface area contributed by atoms with Gasteiger partial charge in [-0.2, -0.15) is 0 Å². The molecule has 2 aromatic carbocycles. The molecular formula is C23H26N4O4. The quantitative estimate of drug-likeness (QED) is 0.354. The van der Waals surface area contributed by atoms with Gasteiger partial charge in [0.25, 0.3) is 0 Å². The van der Waals surface area contributed by atoms with Gasteiger partial charge in [-0.15, -0.1) is 0 Å². The summed E-state index contributed by atoms with van der Waals surface area (Å²) in [6.07, 6.45) is 2.06. The molecule has 1 aromatic heterocycles. The molecule has 0 aliphatic rings. The van der Waals surface area contributed by atoms with Crippen molar-refractivity contribution in [2.24, 2.45) is 5.73 Å². The summed E-state index contributed by atoms with van der Waals surface area (Å²) in [7, 11) is 0. The van der Waals surface area contributed by atoms with E-state index >= 15 is 0 Å². The van der Waals surface area contributed by atoms with E-state index in [2.05, 4.69) is 15.6 Å². The van der Waals surface area contributed by atoms with Crippen molar-refractivity contribution in [1.29, 1.82) is 0 Å². The maximum absolute atomic E-state index is 13.0. The molecule has 3 aromatic rings. The Bertz CT molecular complexity index is 1060. The molecule has 3 atom stereocenters. The summed E-state index contributed by atoms with van der Waals surface area (Å²) in [6.45, 7) is 1.52. The van der Waals surface area contributed by atoms with Crippen LogP contribution >= 0.6 is 0 Å². The molecule has 0 saturated carbocycles. The Balaban J connectivity index is 1.77. The number of aromatic amines is 1. The molecule has 0 bridgehead atoms. The number of fused-ring (bicyclic) bond motifs is 1. The number of rotatable bonds is 9. The van der Waals surface area contributed by atoms with Crippen molar-refractivity contribution in [1.82, 2.24) is 15.6 Å². The smallest absolute Gasteiger partial charge is 0.326 e. The number of benzene rings is 2. The molecule has 8 nitrogen and oxygen atoms in total. The molecule has 31 heavy (non-hydrogen) atoms. The predicted molar refractivity (Wildman–Crippen MR) is 117 cm³/mol. The Hall–Kier alpha value is -3.65. The second-order valence-electron chi connectivity index (χ2n) is 7.50. The van der Waals surface area contributed by atoms with Crippen molar-refractivity contribution in [2.75, 3.05) is 0 Å². The molecule has 0 fully saturated rings. The number of para-hydroxylation sites is 1. The van der Waals surface area contributed by atoms with Gasteiger partial charge in [0.2, 0.25) is 11.8 Å². The molecular weight excluding hydrogens is 396 g/mol. The number of nitrogens with two attached hydrogens (primary N) is 1. The second-order valence-corrected chi connectivity index (χ2v) is 7.50. The highest BCUT2D eigenvalue weighted by molar-refractivity contribution is 5.92. The predicted octanol–water partition coefficient (Wildman–Crippen LogP) is 1.35. The third kappa shape index (κ3) is 5.70. The van der Waals surface area contributed by atoms with E-state index in [9.17, 15) is 19.5 Å². The SMILES string of the molecule is C[C@H](N)C(=O)N[C@@H](Cc1ccccc1)C(=O)N[C@@H](Cc1c[nH]c2ccccc12)C(=O)O. The van der Waals surface area contributed by atoms with Crippen molar-refractivity contribution in [2.45, 2.75) is 37.9 Å². The fourth-order valence-corrected chi connectivity index (χ4v) is 3.36. The molecule has 162 valence electrons. The minimum absolute atomic E-state index is 0.102. The molecule has 0 spiro atoms. The normalized spacial score (nSPS) is 13.9. The van der Waals surface area contributed by atoms with Gasteiger partial charge in [0.15, 0.2) is 0 Å². The van der Waals surface area contributed by atoms with Gasteiger partial charge in [-0.3, -0.25) is 9.59 Å². The van der Waals surface area contributed by atoms with E-state index in [1.165, 1.54) is 6.92 Å². The van der Waals surface area contributed by atoms with E-state index in [-0.39, 0.29) is 12.8 Å². The van der Waals surface area contributed by atoms with E-state index < -0.39 is 35.9 Å². The first-order valence-corrected chi connectivity index (χ1v) is 10.0. The van der Waals surface area contributed by atoms with Crippen LogP contribution in [0.4, 0.5) is 0 Å². The molecule has 2 amide bonds. The van der Waals surface area contributed by atoms with Crippen LogP contribution in [0.2, 0.25) is 0 Å². The lowest BCUT2D eigenvalue weighted by atomic mass is 10.0. The molecule has 3 rings (SSSR count). The lowest BCUT2D eigenvalue weighted by Gasteiger charge is -2.22. The van der Waals surface area contributed by atoms with Crippen LogP contribution in [-0.2, 0) is 27.2 Å². The van der Waals surface area contributed by atoms with Crippen molar-refractivity contribution >= 4 is 28.7 Å². The number of carbonyl (C=O) groups excluding carboxylic acids is 2. The number of H-pyrrole nitrogens is 1. The monoisotopic (exact) mass is 422 g/mol. The Morgan fingerprint density at radius 1 is 0.935 bits per heavy atom. The third-order valence-electron chi connectivity index (χ3n) is 5.04. The molecule has 0 aliphatic carbocycles. The Morgan fingerprint density at radius 3 is 2.26 bits per heavy atom. The van der Waals surface area contributed by atoms with Crippen LogP contribution in [0.1, 0.15) is 18.1 Å². The number of amides is 2. The topological polar surface area (TPSA) is 137 Å². The fraction of sp³-hybridized carbons (Fsp3) is 0.261. The lowest BCUT2D eigenvalue weighted by Crippen LogP contribution is -2.55. The van der Waals surface area contributed by atoms with E-state index in [0.717, 1.165) is 22.0 Å². The number of carboxylic acid groups (broad SMARTS) is 1. The van der Waals surface area contributed by atoms with Crippen molar-refractivity contribution < 1.29 is 19.5 Å². The fourth-order valence-electron chi connectivity index (χ4n) is 3.36. The standard InChI is InChI=1S/C23H26N4O4/c1-14(24)21(28)26-19(11-15-7-3-2-4-8-15)22(29)27-20(23(30)31)12-16-13-25-18-10-6-5-9-17(16)18/h2-10,13-14,19-20,25H,11-12,24H2,1H3,(H,26,28)(H,27,29)(H,30,31)/t14-,19-,20-/m0/s1. The molecule has 6 N–H and O–H groups in total. The first kappa shape index (κ1) is 22.0. The van der Waals surface area contributed by atoms with Gasteiger partial charge >= 0.3 is 5.97 Å². The highest BCUT2D eigenvalue weighted by atomic mass is 16.4. The van der Waals surface area contributed by atoms with Gasteiger partial charge < -0.3 is 26.5 Å². The summed E-state index contributed by atoms with van der Waals surface area (Å²) < 4.78 is 0. The summed E-state index contributed by atoms with van der Waals surface area (Å²) >= 11 is 0. The van der Waals surface area contributed by atoms with Crippen LogP contribution in [0.5, 0.6) is 0 Å². The van der Waals surface area contributed by atoms with Crippen LogP contribution in [0, 0.1) is 0 Å². The molecule has 0 aliphatic heterocycles. The molecule has 0 saturated heterocycles. The van der Waals surface area contributed by atoms with Gasteiger partial charge in [0, 0.05) is 29.9 Å². The molecule has 8 heteroatoms. The zero-order valence-electron chi connectivity index (χ0n) is 17.2. The second kappa shape index (κ2) is 9.90. The largest absolute Gasteiger partial charge is 0.480 e. The van der Waals surface area contributed by atoms with Crippen LogP contribution in [0.3, 0.4) is 0 Å². The summed E-state index contributed by atoms with van der Waals surface area (Å²) in [5.74, 6) is -2.22. The maximum Gasteiger partial charge on any atom is 0.326 e. The van der Waals surface area contributed by atoms with Crippen LogP contribution in [0.15, 0.2) is 60.8 Å². The van der Waals surface area contributed by atoms with Crippen LogP contribution in [-0.4, -0.2) is 46.0 Å². The van der Waals surface area contributed by atoms with Crippen molar-refractivity contribution in [3.05, 3.63) is 71.9 Å². The Labute approximate surface area is 179 Å². The number of aromatic nitrogens is 1. The number of hydrogen-bond donors (Lipinski definition) is 5. The average molecular weight is 422 g/mol. The first-order chi connectivity index (χ1) is 14.8. The summed E-state index contributed by atoms with van der Waals surface area (Å²) in [6, 6.07) is 13.8. The number of aliphatic carboxylic acids is 1. The Morgan fingerprint density at radius 2 is 1.58 bits per heavy atom. The number of carboxylic acids is 1. The zero-order chi connectivity index (χ0) is 22.4. The van der Waals surface area contributed by atoms with Crippen molar-refractivity contribution in [3.63, 3.8) is 0 Å². The molecule has 1 heterocycles. The van der Waals surface area contributed by atoms with Gasteiger partial charge in [-0.05, 0) is 24.1 Å². The van der Waals surface area contributed by atoms with Gasteiger partial charge in [0.05, 0.1) is 6.04 Å². The highest BCUT2D eigenvalue weighted by Crippen LogP contribution is 2.19. The van der Waals surface area contributed by atoms with Crippen LogP contribution < -0.4 is 16.4 Å².